The van der Waals surface area contributed by atoms with Crippen LogP contribution in [0.5, 0.6) is 0 Å². The molecule has 4 heteroatoms. The van der Waals surface area contributed by atoms with Crippen LogP contribution < -0.4 is 10.6 Å². The van der Waals surface area contributed by atoms with Crippen LogP contribution in [-0.4, -0.2) is 18.5 Å². The number of rotatable bonds is 6. The number of benzene rings is 1. The molecule has 0 radical (unpaired) electrons. The molecule has 20 heavy (non-hydrogen) atoms. The third-order valence-electron chi connectivity index (χ3n) is 3.98. The maximum absolute atomic E-state index is 13.6. The van der Waals surface area contributed by atoms with Crippen molar-refractivity contribution in [3.63, 3.8) is 0 Å². The predicted molar refractivity (Wildman–Crippen MR) is 78.0 cm³/mol. The zero-order valence-electron chi connectivity index (χ0n) is 12.2. The number of fused-ring (bicyclic) bond motifs is 1. The lowest BCUT2D eigenvalue weighted by molar-refractivity contribution is -0.121. The van der Waals surface area contributed by atoms with Crippen molar-refractivity contribution in [3.05, 3.63) is 35.1 Å². The molecule has 1 aliphatic carbocycles. The van der Waals surface area contributed by atoms with Crippen molar-refractivity contribution in [1.29, 1.82) is 0 Å². The molecule has 3 nitrogen and oxygen atoms in total. The van der Waals surface area contributed by atoms with Gasteiger partial charge in [0.1, 0.15) is 5.82 Å². The van der Waals surface area contributed by atoms with Crippen molar-refractivity contribution in [2.75, 3.05) is 6.54 Å². The van der Waals surface area contributed by atoms with E-state index in [-0.39, 0.29) is 23.8 Å². The van der Waals surface area contributed by atoms with Crippen LogP contribution in [0.4, 0.5) is 4.39 Å². The molecule has 0 heterocycles. The van der Waals surface area contributed by atoms with Gasteiger partial charge in [-0.05, 0) is 43.4 Å². The summed E-state index contributed by atoms with van der Waals surface area (Å²) >= 11 is 0. The molecule has 0 saturated carbocycles. The summed E-state index contributed by atoms with van der Waals surface area (Å²) in [6, 6.07) is 5.65. The largest absolute Gasteiger partial charge is 0.354 e. The fraction of sp³-hybridized carbons (Fsp3) is 0.562. The first-order valence-corrected chi connectivity index (χ1v) is 7.41. The van der Waals surface area contributed by atoms with Crippen LogP contribution in [0.1, 0.15) is 50.3 Å². The van der Waals surface area contributed by atoms with Crippen molar-refractivity contribution in [3.8, 4) is 0 Å². The second kappa shape index (κ2) is 6.84. The van der Waals surface area contributed by atoms with Gasteiger partial charge in [-0.25, -0.2) is 4.39 Å². The summed E-state index contributed by atoms with van der Waals surface area (Å²) in [4.78, 5) is 11.7. The molecule has 1 aliphatic rings. The third kappa shape index (κ3) is 3.57. The fourth-order valence-corrected chi connectivity index (χ4v) is 2.63. The van der Waals surface area contributed by atoms with Crippen molar-refractivity contribution in [1.82, 2.24) is 10.6 Å². The highest BCUT2D eigenvalue weighted by molar-refractivity contribution is 5.76. The maximum atomic E-state index is 13.6. The van der Waals surface area contributed by atoms with Gasteiger partial charge >= 0.3 is 0 Å². The summed E-state index contributed by atoms with van der Waals surface area (Å²) < 4.78 is 13.6. The Morgan fingerprint density at radius 2 is 2.30 bits per heavy atom. The molecule has 0 fully saturated rings. The number of halogens is 1. The van der Waals surface area contributed by atoms with Gasteiger partial charge in [-0.15, -0.1) is 0 Å². The van der Waals surface area contributed by atoms with Gasteiger partial charge in [0.2, 0.25) is 5.91 Å². The molecular formula is C16H23FN2O. The molecule has 110 valence electrons. The first kappa shape index (κ1) is 15.0. The van der Waals surface area contributed by atoms with E-state index in [0.717, 1.165) is 30.4 Å². The smallest absolute Gasteiger partial charge is 0.221 e. The lowest BCUT2D eigenvalue weighted by Gasteiger charge is -2.15. The SMILES string of the molecule is CCC(C)NC(=O)CCNC1CCc2c(F)cccc21. The number of hydrogen-bond donors (Lipinski definition) is 2. The zero-order chi connectivity index (χ0) is 14.5. The number of hydrogen-bond acceptors (Lipinski definition) is 2. The third-order valence-corrected chi connectivity index (χ3v) is 3.98. The normalized spacial score (nSPS) is 18.6. The van der Waals surface area contributed by atoms with E-state index in [1.807, 2.05) is 19.9 Å². The monoisotopic (exact) mass is 278 g/mol. The Bertz CT molecular complexity index is 476. The van der Waals surface area contributed by atoms with Crippen LogP contribution in [0.2, 0.25) is 0 Å². The van der Waals surface area contributed by atoms with Crippen LogP contribution in [0.15, 0.2) is 18.2 Å². The van der Waals surface area contributed by atoms with E-state index >= 15 is 0 Å². The molecule has 1 amide bonds. The van der Waals surface area contributed by atoms with E-state index in [0.29, 0.717) is 13.0 Å². The second-order valence-corrected chi connectivity index (χ2v) is 5.48. The summed E-state index contributed by atoms with van der Waals surface area (Å²) in [7, 11) is 0. The van der Waals surface area contributed by atoms with Crippen molar-refractivity contribution in [2.24, 2.45) is 0 Å². The molecule has 2 rings (SSSR count). The van der Waals surface area contributed by atoms with Crippen LogP contribution >= 0.6 is 0 Å². The van der Waals surface area contributed by atoms with Crippen molar-refractivity contribution >= 4 is 5.91 Å². The molecule has 2 atom stereocenters. The standard InChI is InChI=1S/C16H23FN2O/c1-3-11(2)19-16(20)9-10-18-15-8-7-12-13(15)5-4-6-14(12)17/h4-6,11,15,18H,3,7-10H2,1-2H3,(H,19,20). The summed E-state index contributed by atoms with van der Waals surface area (Å²) in [6.07, 6.45) is 3.09. The maximum Gasteiger partial charge on any atom is 0.221 e. The average molecular weight is 278 g/mol. The molecule has 0 aliphatic heterocycles. The minimum Gasteiger partial charge on any atom is -0.354 e. The van der Waals surface area contributed by atoms with Gasteiger partial charge < -0.3 is 10.6 Å². The molecule has 0 spiro atoms. The molecule has 2 unspecified atom stereocenters. The molecule has 2 N–H and O–H groups in total. The predicted octanol–water partition coefficient (Wildman–Crippen LogP) is 2.71. The Balaban J connectivity index is 1.80. The molecule has 0 saturated heterocycles. The topological polar surface area (TPSA) is 41.1 Å². The minimum absolute atomic E-state index is 0.0734. The summed E-state index contributed by atoms with van der Waals surface area (Å²) in [6.45, 7) is 4.68. The molecule has 0 aromatic heterocycles. The van der Waals surface area contributed by atoms with Crippen molar-refractivity contribution < 1.29 is 9.18 Å². The Morgan fingerprint density at radius 1 is 1.50 bits per heavy atom. The van der Waals surface area contributed by atoms with Gasteiger partial charge in [0.05, 0.1) is 0 Å². The van der Waals surface area contributed by atoms with Gasteiger partial charge in [-0.2, -0.15) is 0 Å². The Labute approximate surface area is 120 Å². The van der Waals surface area contributed by atoms with E-state index in [1.165, 1.54) is 6.07 Å². The quantitative estimate of drug-likeness (QED) is 0.840. The van der Waals surface area contributed by atoms with Gasteiger partial charge in [0.25, 0.3) is 0 Å². The van der Waals surface area contributed by atoms with Crippen molar-refractivity contribution in [2.45, 2.75) is 51.6 Å². The Hall–Kier alpha value is -1.42. The van der Waals surface area contributed by atoms with Gasteiger partial charge in [0, 0.05) is 25.0 Å². The van der Waals surface area contributed by atoms with Crippen LogP contribution in [0.25, 0.3) is 0 Å². The zero-order valence-corrected chi connectivity index (χ0v) is 12.2. The average Bonchev–Trinajstić information content (AvgIpc) is 2.83. The second-order valence-electron chi connectivity index (χ2n) is 5.48. The van der Waals surface area contributed by atoms with Crippen LogP contribution in [0, 0.1) is 5.82 Å². The highest BCUT2D eigenvalue weighted by atomic mass is 19.1. The molecule has 1 aromatic rings. The number of carbonyl (C=O) groups is 1. The first-order valence-electron chi connectivity index (χ1n) is 7.41. The first-order chi connectivity index (χ1) is 9.61. The fourth-order valence-electron chi connectivity index (χ4n) is 2.63. The van der Waals surface area contributed by atoms with E-state index < -0.39 is 0 Å². The number of nitrogens with one attached hydrogen (secondary N) is 2. The summed E-state index contributed by atoms with van der Waals surface area (Å²) in [5, 5.41) is 6.30. The van der Waals surface area contributed by atoms with E-state index in [9.17, 15) is 9.18 Å². The van der Waals surface area contributed by atoms with Crippen LogP contribution in [0.3, 0.4) is 0 Å². The molecular weight excluding hydrogens is 255 g/mol. The summed E-state index contributed by atoms with van der Waals surface area (Å²) in [5.74, 6) is -0.0365. The number of amides is 1. The highest BCUT2D eigenvalue weighted by Gasteiger charge is 2.24. The van der Waals surface area contributed by atoms with E-state index in [4.69, 9.17) is 0 Å². The van der Waals surface area contributed by atoms with Gasteiger partial charge in [-0.1, -0.05) is 19.1 Å². The molecule has 0 bridgehead atoms. The lowest BCUT2D eigenvalue weighted by atomic mass is 10.1. The van der Waals surface area contributed by atoms with Gasteiger partial charge in [-0.3, -0.25) is 4.79 Å². The Kier molecular flexibility index (Phi) is 5.12. The molecule has 1 aromatic carbocycles. The Morgan fingerprint density at radius 3 is 3.05 bits per heavy atom. The van der Waals surface area contributed by atoms with Crippen LogP contribution in [-0.2, 0) is 11.2 Å². The summed E-state index contributed by atoms with van der Waals surface area (Å²) in [5.41, 5.74) is 1.88. The highest BCUT2D eigenvalue weighted by Crippen LogP contribution is 2.32. The number of carbonyl (C=O) groups excluding carboxylic acids is 1. The lowest BCUT2D eigenvalue weighted by Crippen LogP contribution is -2.34. The van der Waals surface area contributed by atoms with E-state index in [2.05, 4.69) is 10.6 Å². The van der Waals surface area contributed by atoms with E-state index in [1.54, 1.807) is 6.07 Å². The minimum atomic E-state index is -0.110. The van der Waals surface area contributed by atoms with Gasteiger partial charge in [0.15, 0.2) is 0 Å².